The van der Waals surface area contributed by atoms with Crippen LogP contribution in [0, 0.1) is 6.92 Å². The number of rotatable bonds is 6. The van der Waals surface area contributed by atoms with E-state index < -0.39 is 5.97 Å². The van der Waals surface area contributed by atoms with Gasteiger partial charge in [0.25, 0.3) is 5.91 Å². The van der Waals surface area contributed by atoms with Gasteiger partial charge in [-0.05, 0) is 31.5 Å². The summed E-state index contributed by atoms with van der Waals surface area (Å²) in [6.45, 7) is 6.10. The van der Waals surface area contributed by atoms with Crippen molar-refractivity contribution in [3.63, 3.8) is 0 Å². The Labute approximate surface area is 166 Å². The van der Waals surface area contributed by atoms with E-state index in [1.807, 2.05) is 42.6 Å². The van der Waals surface area contributed by atoms with Crippen molar-refractivity contribution < 1.29 is 14.3 Å². The van der Waals surface area contributed by atoms with Gasteiger partial charge >= 0.3 is 5.97 Å². The van der Waals surface area contributed by atoms with Gasteiger partial charge in [-0.2, -0.15) is 0 Å². The molecule has 6 heteroatoms. The van der Waals surface area contributed by atoms with Crippen molar-refractivity contribution in [3.8, 4) is 0 Å². The molecule has 0 bridgehead atoms. The molecule has 1 amide bonds. The Morgan fingerprint density at radius 3 is 2.56 bits per heavy atom. The van der Waals surface area contributed by atoms with Crippen molar-refractivity contribution in [2.45, 2.75) is 26.7 Å². The zero-order valence-electron chi connectivity index (χ0n) is 15.4. The van der Waals surface area contributed by atoms with E-state index in [2.05, 4.69) is 24.4 Å². The lowest BCUT2D eigenvalue weighted by atomic mass is 9.99. The highest BCUT2D eigenvalue weighted by atomic mass is 32.1. The monoisotopic (exact) mass is 399 g/mol. The Morgan fingerprint density at radius 1 is 1.19 bits per heavy atom. The van der Waals surface area contributed by atoms with Crippen LogP contribution in [0.25, 0.3) is 0 Å². The van der Waals surface area contributed by atoms with Crippen LogP contribution in [0.15, 0.2) is 47.8 Å². The van der Waals surface area contributed by atoms with Crippen LogP contribution in [0.3, 0.4) is 0 Å². The van der Waals surface area contributed by atoms with E-state index in [-0.39, 0.29) is 18.4 Å². The van der Waals surface area contributed by atoms with Gasteiger partial charge in [0.1, 0.15) is 5.00 Å². The zero-order chi connectivity index (χ0) is 19.4. The molecule has 1 N–H and O–H groups in total. The highest BCUT2D eigenvalue weighted by molar-refractivity contribution is 7.16. The minimum Gasteiger partial charge on any atom is -0.462 e. The molecule has 0 spiro atoms. The molecular formula is C21H21NO3S2. The standard InChI is InChI=1S/C21H21NO3S2/c1-4-25-21(24)17-11-18(14(3)15-8-6-5-7-9-15)27-20(17)22-19(23)16-10-13(2)26-12-16/h5-12,14H,4H2,1-3H3,(H,22,23)/t14-/m1/s1. The highest BCUT2D eigenvalue weighted by Gasteiger charge is 2.22. The number of hydrogen-bond donors (Lipinski definition) is 1. The number of esters is 1. The first-order chi connectivity index (χ1) is 13.0. The molecule has 3 rings (SSSR count). The number of thiophene rings is 2. The molecule has 0 fully saturated rings. The molecule has 0 aliphatic carbocycles. The van der Waals surface area contributed by atoms with Crippen molar-refractivity contribution in [1.82, 2.24) is 0 Å². The third-order valence-corrected chi connectivity index (χ3v) is 6.29. The molecule has 3 aromatic rings. The Balaban J connectivity index is 1.92. The van der Waals surface area contributed by atoms with E-state index in [9.17, 15) is 9.59 Å². The maximum atomic E-state index is 12.6. The minimum absolute atomic E-state index is 0.110. The lowest BCUT2D eigenvalue weighted by Gasteiger charge is -2.09. The van der Waals surface area contributed by atoms with E-state index in [0.717, 1.165) is 15.3 Å². The lowest BCUT2D eigenvalue weighted by Crippen LogP contribution is -2.13. The van der Waals surface area contributed by atoms with Crippen LogP contribution in [0.2, 0.25) is 0 Å². The Bertz CT molecular complexity index is 944. The van der Waals surface area contributed by atoms with Gasteiger partial charge in [-0.1, -0.05) is 37.3 Å². The van der Waals surface area contributed by atoms with Gasteiger partial charge in [-0.15, -0.1) is 22.7 Å². The molecule has 0 saturated carbocycles. The van der Waals surface area contributed by atoms with Crippen molar-refractivity contribution in [1.29, 1.82) is 0 Å². The van der Waals surface area contributed by atoms with Gasteiger partial charge in [-0.25, -0.2) is 4.79 Å². The average molecular weight is 400 g/mol. The second kappa shape index (κ2) is 8.50. The summed E-state index contributed by atoms with van der Waals surface area (Å²) in [6.07, 6.45) is 0. The predicted molar refractivity (Wildman–Crippen MR) is 111 cm³/mol. The number of ether oxygens (including phenoxy) is 1. The summed E-state index contributed by atoms with van der Waals surface area (Å²) >= 11 is 2.94. The number of anilines is 1. The third-order valence-electron chi connectivity index (χ3n) is 4.19. The molecule has 0 saturated heterocycles. The topological polar surface area (TPSA) is 55.4 Å². The molecule has 0 radical (unpaired) electrons. The van der Waals surface area contributed by atoms with Crippen LogP contribution in [0.4, 0.5) is 5.00 Å². The number of amides is 1. The van der Waals surface area contributed by atoms with E-state index in [1.165, 1.54) is 22.7 Å². The number of hydrogen-bond acceptors (Lipinski definition) is 5. The summed E-state index contributed by atoms with van der Waals surface area (Å²) in [4.78, 5) is 27.0. The first-order valence-corrected chi connectivity index (χ1v) is 10.4. The van der Waals surface area contributed by atoms with Crippen molar-refractivity contribution in [2.24, 2.45) is 0 Å². The van der Waals surface area contributed by atoms with Crippen molar-refractivity contribution in [2.75, 3.05) is 11.9 Å². The molecule has 2 aromatic heterocycles. The smallest absolute Gasteiger partial charge is 0.341 e. The van der Waals surface area contributed by atoms with Gasteiger partial charge in [0, 0.05) is 21.1 Å². The van der Waals surface area contributed by atoms with E-state index >= 15 is 0 Å². The summed E-state index contributed by atoms with van der Waals surface area (Å²) in [7, 11) is 0. The summed E-state index contributed by atoms with van der Waals surface area (Å²) in [5.41, 5.74) is 2.15. The van der Waals surface area contributed by atoms with Gasteiger partial charge < -0.3 is 10.1 Å². The molecule has 0 aliphatic rings. The van der Waals surface area contributed by atoms with Crippen LogP contribution in [0.5, 0.6) is 0 Å². The van der Waals surface area contributed by atoms with Gasteiger partial charge in [0.05, 0.1) is 17.7 Å². The van der Waals surface area contributed by atoms with E-state index in [1.54, 1.807) is 6.92 Å². The molecule has 1 aromatic carbocycles. The molecule has 27 heavy (non-hydrogen) atoms. The Morgan fingerprint density at radius 2 is 1.93 bits per heavy atom. The number of carbonyl (C=O) groups is 2. The first kappa shape index (κ1) is 19.3. The lowest BCUT2D eigenvalue weighted by molar-refractivity contribution is 0.0528. The fourth-order valence-electron chi connectivity index (χ4n) is 2.72. The molecule has 4 nitrogen and oxygen atoms in total. The average Bonchev–Trinajstić information content (AvgIpc) is 3.28. The summed E-state index contributed by atoms with van der Waals surface area (Å²) in [5.74, 6) is -0.527. The summed E-state index contributed by atoms with van der Waals surface area (Å²) < 4.78 is 5.18. The van der Waals surface area contributed by atoms with Crippen LogP contribution >= 0.6 is 22.7 Å². The highest BCUT2D eigenvalue weighted by Crippen LogP contribution is 2.36. The van der Waals surface area contributed by atoms with E-state index in [0.29, 0.717) is 16.1 Å². The molecule has 0 unspecified atom stereocenters. The summed E-state index contributed by atoms with van der Waals surface area (Å²) in [6, 6.07) is 13.7. The van der Waals surface area contributed by atoms with Gasteiger partial charge in [0.2, 0.25) is 0 Å². The van der Waals surface area contributed by atoms with Crippen LogP contribution in [-0.4, -0.2) is 18.5 Å². The first-order valence-electron chi connectivity index (χ1n) is 8.71. The molecule has 0 aliphatic heterocycles. The van der Waals surface area contributed by atoms with Crippen LogP contribution in [0.1, 0.15) is 55.8 Å². The van der Waals surface area contributed by atoms with Gasteiger partial charge in [-0.3, -0.25) is 4.79 Å². The van der Waals surface area contributed by atoms with Crippen LogP contribution in [-0.2, 0) is 4.74 Å². The molecule has 1 atom stereocenters. The predicted octanol–water partition coefficient (Wildman–Crippen LogP) is 5.70. The normalized spacial score (nSPS) is 11.8. The fraction of sp³-hybridized carbons (Fsp3) is 0.238. The number of carbonyl (C=O) groups excluding carboxylic acids is 2. The second-order valence-electron chi connectivity index (χ2n) is 6.14. The molecule has 2 heterocycles. The minimum atomic E-state index is -0.419. The Kier molecular flexibility index (Phi) is 6.08. The number of benzene rings is 1. The largest absolute Gasteiger partial charge is 0.462 e. The summed E-state index contributed by atoms with van der Waals surface area (Å²) in [5, 5.41) is 5.23. The van der Waals surface area contributed by atoms with Crippen molar-refractivity contribution >= 4 is 39.6 Å². The van der Waals surface area contributed by atoms with E-state index in [4.69, 9.17) is 4.74 Å². The van der Waals surface area contributed by atoms with Crippen molar-refractivity contribution in [3.05, 3.63) is 74.3 Å². The maximum absolute atomic E-state index is 12.6. The SMILES string of the molecule is CCOC(=O)c1cc([C@H](C)c2ccccc2)sc1NC(=O)c1csc(C)c1. The quantitative estimate of drug-likeness (QED) is 0.541. The Hall–Kier alpha value is -2.44. The zero-order valence-corrected chi connectivity index (χ0v) is 17.1. The fourth-order valence-corrected chi connectivity index (χ4v) is 4.52. The molecular weight excluding hydrogens is 378 g/mol. The second-order valence-corrected chi connectivity index (χ2v) is 8.34. The van der Waals surface area contributed by atoms with Gasteiger partial charge in [0.15, 0.2) is 0 Å². The maximum Gasteiger partial charge on any atom is 0.341 e. The van der Waals surface area contributed by atoms with Crippen LogP contribution < -0.4 is 5.32 Å². The number of aryl methyl sites for hydroxylation is 1. The number of nitrogens with one attached hydrogen (secondary N) is 1. The molecule has 140 valence electrons. The third kappa shape index (κ3) is 4.46.